The first-order valence-corrected chi connectivity index (χ1v) is 10.7. The minimum atomic E-state index is -0.256. The fraction of sp³-hybridized carbons (Fsp3) is 0.417. The fourth-order valence-electron chi connectivity index (χ4n) is 5.05. The van der Waals surface area contributed by atoms with Crippen molar-refractivity contribution in [2.75, 3.05) is 19.6 Å². The topological polar surface area (TPSA) is 35.9 Å². The summed E-state index contributed by atoms with van der Waals surface area (Å²) in [6.45, 7) is 2.36. The molecule has 2 aromatic carbocycles. The van der Waals surface area contributed by atoms with E-state index in [1.54, 1.807) is 17.1 Å². The molecule has 3 aliphatic rings. The Morgan fingerprint density at radius 3 is 2.59 bits per heavy atom. The molecular weight excluding hydrogens is 365 g/mol. The third kappa shape index (κ3) is 3.48. The van der Waals surface area contributed by atoms with E-state index < -0.39 is 0 Å². The molecule has 0 aromatic heterocycles. The van der Waals surface area contributed by atoms with E-state index >= 15 is 0 Å². The molecule has 1 saturated heterocycles. The van der Waals surface area contributed by atoms with Gasteiger partial charge in [-0.25, -0.2) is 9.40 Å². The fourth-order valence-corrected chi connectivity index (χ4v) is 5.05. The number of fused-ring (bicyclic) bond motifs is 3. The summed E-state index contributed by atoms with van der Waals surface area (Å²) in [6, 6.07) is 14.8. The van der Waals surface area contributed by atoms with Crippen LogP contribution in [-0.4, -0.2) is 41.2 Å². The van der Waals surface area contributed by atoms with Gasteiger partial charge in [-0.15, -0.1) is 0 Å². The van der Waals surface area contributed by atoms with E-state index in [2.05, 4.69) is 23.1 Å². The smallest absolute Gasteiger partial charge is 0.257 e. The van der Waals surface area contributed by atoms with Crippen LogP contribution in [0.15, 0.2) is 53.6 Å². The predicted molar refractivity (Wildman–Crippen MR) is 111 cm³/mol. The molecule has 4 nitrogen and oxygen atoms in total. The van der Waals surface area contributed by atoms with Crippen LogP contribution in [0.5, 0.6) is 0 Å². The Bertz CT molecular complexity index is 933. The first-order valence-electron chi connectivity index (χ1n) is 10.7. The van der Waals surface area contributed by atoms with Crippen molar-refractivity contribution in [3.8, 4) is 0 Å². The third-order valence-electron chi connectivity index (χ3n) is 6.50. The van der Waals surface area contributed by atoms with Gasteiger partial charge < -0.3 is 0 Å². The Hall–Kier alpha value is -2.53. The number of nitrogens with zero attached hydrogens (tertiary/aromatic N) is 3. The molecule has 5 heteroatoms. The van der Waals surface area contributed by atoms with Crippen molar-refractivity contribution < 1.29 is 9.18 Å². The Morgan fingerprint density at radius 1 is 1.03 bits per heavy atom. The maximum atomic E-state index is 13.6. The molecule has 5 rings (SSSR count). The minimum Gasteiger partial charge on any atom is -0.294 e. The number of carbonyl (C=O) groups is 1. The number of amides is 1. The van der Waals surface area contributed by atoms with Crippen LogP contribution in [0.2, 0.25) is 0 Å². The van der Waals surface area contributed by atoms with Crippen molar-refractivity contribution in [3.05, 3.63) is 71.0 Å². The van der Waals surface area contributed by atoms with E-state index in [1.807, 2.05) is 6.07 Å². The summed E-state index contributed by atoms with van der Waals surface area (Å²) < 4.78 is 13.6. The van der Waals surface area contributed by atoms with Gasteiger partial charge in [-0.2, -0.15) is 5.10 Å². The molecule has 0 N–H and O–H groups in total. The second-order valence-corrected chi connectivity index (χ2v) is 8.36. The van der Waals surface area contributed by atoms with Crippen LogP contribution >= 0.6 is 0 Å². The summed E-state index contributed by atoms with van der Waals surface area (Å²) in [4.78, 5) is 15.6. The molecule has 2 aromatic rings. The van der Waals surface area contributed by atoms with Gasteiger partial charge in [0.15, 0.2) is 0 Å². The van der Waals surface area contributed by atoms with Crippen LogP contribution in [0, 0.1) is 11.7 Å². The van der Waals surface area contributed by atoms with Crippen LogP contribution in [-0.2, 0) is 11.2 Å². The van der Waals surface area contributed by atoms with Gasteiger partial charge in [0, 0.05) is 11.5 Å². The number of hydrogen-bond donors (Lipinski definition) is 0. The minimum absolute atomic E-state index is 0.0422. The van der Waals surface area contributed by atoms with Crippen molar-refractivity contribution in [2.45, 2.75) is 38.1 Å². The number of piperidine rings is 1. The van der Waals surface area contributed by atoms with Crippen molar-refractivity contribution in [1.82, 2.24) is 9.91 Å². The van der Waals surface area contributed by atoms with Gasteiger partial charge in [-0.05, 0) is 62.0 Å². The molecule has 2 aliphatic heterocycles. The number of rotatable bonds is 3. The second-order valence-electron chi connectivity index (χ2n) is 8.36. The number of hydrazone groups is 1. The molecule has 150 valence electrons. The lowest BCUT2D eigenvalue weighted by Crippen LogP contribution is -2.41. The maximum Gasteiger partial charge on any atom is 0.257 e. The summed E-state index contributed by atoms with van der Waals surface area (Å²) in [5, 5.41) is 6.58. The third-order valence-corrected chi connectivity index (χ3v) is 6.50. The standard InChI is InChI=1S/C24H26FN3O/c25-19-11-8-18(9-12-19)24-21-13-10-17-6-2-3-7-20(17)23(21)26-28(24)22(29)16-27-14-4-1-5-15-27/h2-3,6-9,11-12,21,24H,1,4-5,10,13-16H2/t21-,24-/m1/s1. The van der Waals surface area contributed by atoms with Crippen LogP contribution in [0.25, 0.3) is 0 Å². The first-order chi connectivity index (χ1) is 14.2. The highest BCUT2D eigenvalue weighted by molar-refractivity contribution is 6.06. The van der Waals surface area contributed by atoms with Crippen LogP contribution < -0.4 is 0 Å². The Balaban J connectivity index is 1.50. The maximum absolute atomic E-state index is 13.6. The van der Waals surface area contributed by atoms with Crippen molar-refractivity contribution in [2.24, 2.45) is 11.0 Å². The van der Waals surface area contributed by atoms with E-state index in [0.29, 0.717) is 6.54 Å². The Kier molecular flexibility index (Phi) is 4.92. The van der Waals surface area contributed by atoms with E-state index in [4.69, 9.17) is 5.10 Å². The molecule has 2 heterocycles. The molecular formula is C24H26FN3O. The SMILES string of the molecule is O=C(CN1CCCCC1)N1N=C2c3ccccc3CC[C@H]2[C@H]1c1ccc(F)cc1. The molecule has 1 amide bonds. The van der Waals surface area contributed by atoms with E-state index in [9.17, 15) is 9.18 Å². The van der Waals surface area contributed by atoms with E-state index in [1.165, 1.54) is 24.1 Å². The lowest BCUT2D eigenvalue weighted by Gasteiger charge is -2.31. The number of aryl methyl sites for hydroxylation is 1. The molecule has 0 saturated carbocycles. The zero-order valence-electron chi connectivity index (χ0n) is 16.6. The number of hydrogen-bond acceptors (Lipinski definition) is 3. The zero-order valence-corrected chi connectivity index (χ0v) is 16.6. The molecule has 0 unspecified atom stereocenters. The van der Waals surface area contributed by atoms with Crippen molar-refractivity contribution in [3.63, 3.8) is 0 Å². The monoisotopic (exact) mass is 391 g/mol. The van der Waals surface area contributed by atoms with Gasteiger partial charge in [0.2, 0.25) is 0 Å². The second kappa shape index (κ2) is 7.71. The van der Waals surface area contributed by atoms with Gasteiger partial charge in [0.25, 0.3) is 5.91 Å². The van der Waals surface area contributed by atoms with E-state index in [-0.39, 0.29) is 23.7 Å². The molecule has 29 heavy (non-hydrogen) atoms. The number of halogens is 1. The highest BCUT2D eigenvalue weighted by Crippen LogP contribution is 2.43. The Morgan fingerprint density at radius 2 is 1.79 bits per heavy atom. The number of carbonyl (C=O) groups excluding carboxylic acids is 1. The van der Waals surface area contributed by atoms with Crippen LogP contribution in [0.4, 0.5) is 4.39 Å². The highest BCUT2D eigenvalue weighted by atomic mass is 19.1. The van der Waals surface area contributed by atoms with Crippen LogP contribution in [0.3, 0.4) is 0 Å². The summed E-state index contributed by atoms with van der Waals surface area (Å²) >= 11 is 0. The van der Waals surface area contributed by atoms with Gasteiger partial charge in [0.05, 0.1) is 18.3 Å². The summed E-state index contributed by atoms with van der Waals surface area (Å²) in [5.41, 5.74) is 4.42. The molecule has 0 bridgehead atoms. The lowest BCUT2D eigenvalue weighted by atomic mass is 9.77. The van der Waals surface area contributed by atoms with Gasteiger partial charge in [-0.1, -0.05) is 42.8 Å². The predicted octanol–water partition coefficient (Wildman–Crippen LogP) is 4.16. The van der Waals surface area contributed by atoms with Gasteiger partial charge in [0.1, 0.15) is 5.82 Å². The summed E-state index contributed by atoms with van der Waals surface area (Å²) in [6.07, 6.45) is 5.48. The van der Waals surface area contributed by atoms with Crippen molar-refractivity contribution >= 4 is 11.6 Å². The zero-order chi connectivity index (χ0) is 19.8. The van der Waals surface area contributed by atoms with E-state index in [0.717, 1.165) is 55.6 Å². The first kappa shape index (κ1) is 18.5. The normalized spacial score (nSPS) is 24.0. The Labute approximate surface area is 171 Å². The average Bonchev–Trinajstić information content (AvgIpc) is 3.15. The number of likely N-dealkylation sites (tertiary alicyclic amines) is 1. The molecule has 0 spiro atoms. The molecule has 1 aliphatic carbocycles. The molecule has 1 fully saturated rings. The van der Waals surface area contributed by atoms with Crippen molar-refractivity contribution in [1.29, 1.82) is 0 Å². The average molecular weight is 391 g/mol. The molecule has 0 radical (unpaired) electrons. The molecule has 2 atom stereocenters. The number of benzene rings is 2. The summed E-state index contributed by atoms with van der Waals surface area (Å²) in [7, 11) is 0. The quantitative estimate of drug-likeness (QED) is 0.788. The van der Waals surface area contributed by atoms with Gasteiger partial charge in [-0.3, -0.25) is 9.69 Å². The van der Waals surface area contributed by atoms with Gasteiger partial charge >= 0.3 is 0 Å². The highest BCUT2D eigenvalue weighted by Gasteiger charge is 2.43. The lowest BCUT2D eigenvalue weighted by molar-refractivity contribution is -0.135. The summed E-state index contributed by atoms with van der Waals surface area (Å²) in [5.74, 6) is -0.0608. The largest absolute Gasteiger partial charge is 0.294 e. The van der Waals surface area contributed by atoms with Crippen LogP contribution in [0.1, 0.15) is 48.4 Å².